The molecule has 0 aromatic carbocycles. The number of likely N-dealkylation sites (tertiary alicyclic amines) is 1. The van der Waals surface area contributed by atoms with Crippen LogP contribution < -0.4 is 5.32 Å². The van der Waals surface area contributed by atoms with E-state index in [1.165, 1.54) is 5.01 Å². The van der Waals surface area contributed by atoms with Crippen molar-refractivity contribution in [3.63, 3.8) is 0 Å². The predicted molar refractivity (Wildman–Crippen MR) is 95.3 cm³/mol. The Hall–Kier alpha value is -1.66. The largest absolute Gasteiger partial charge is 0.459 e. The second-order valence-corrected chi connectivity index (χ2v) is 8.18. The minimum Gasteiger partial charge on any atom is -0.459 e. The molecule has 5 nitrogen and oxygen atoms in total. The van der Waals surface area contributed by atoms with Crippen molar-refractivity contribution in [2.24, 2.45) is 0 Å². The van der Waals surface area contributed by atoms with E-state index in [1.54, 1.807) is 29.7 Å². The van der Waals surface area contributed by atoms with Crippen molar-refractivity contribution >= 4 is 17.2 Å². The van der Waals surface area contributed by atoms with E-state index < -0.39 is 0 Å². The smallest absolute Gasteiger partial charge is 0.289 e. The molecule has 1 fully saturated rings. The molecule has 0 atom stereocenters. The van der Waals surface area contributed by atoms with Crippen molar-refractivity contribution in [2.45, 2.75) is 51.6 Å². The Kier molecular flexibility index (Phi) is 5.06. The maximum atomic E-state index is 12.2. The lowest BCUT2D eigenvalue weighted by Gasteiger charge is -2.31. The first kappa shape index (κ1) is 17.2. The molecule has 1 aliphatic heterocycles. The van der Waals surface area contributed by atoms with Crippen LogP contribution in [0.3, 0.4) is 0 Å². The fourth-order valence-electron chi connectivity index (χ4n) is 2.82. The first-order valence-electron chi connectivity index (χ1n) is 8.44. The van der Waals surface area contributed by atoms with Gasteiger partial charge >= 0.3 is 0 Å². The average molecular weight is 347 g/mol. The zero-order valence-corrected chi connectivity index (χ0v) is 15.4. The highest BCUT2D eigenvalue weighted by atomic mass is 32.1. The highest BCUT2D eigenvalue weighted by Crippen LogP contribution is 2.25. The van der Waals surface area contributed by atoms with Crippen LogP contribution in [0.5, 0.6) is 0 Å². The molecule has 0 spiro atoms. The highest BCUT2D eigenvalue weighted by Gasteiger charge is 2.25. The summed E-state index contributed by atoms with van der Waals surface area (Å²) in [6, 6.07) is 3.91. The summed E-state index contributed by atoms with van der Waals surface area (Å²) >= 11 is 1.73. The standard InChI is InChI=1S/C18H25N3O2S/c1-18(2,3)17-20-14(12-24-17)11-19-13-6-8-21(9-7-13)16(22)15-5-4-10-23-15/h4-5,10,12-13,19H,6-9,11H2,1-3H3. The fraction of sp³-hybridized carbons (Fsp3) is 0.556. The molecule has 3 rings (SSSR count). The average Bonchev–Trinajstić information content (AvgIpc) is 3.23. The van der Waals surface area contributed by atoms with Crippen molar-refractivity contribution in [3.8, 4) is 0 Å². The molecular weight excluding hydrogens is 322 g/mol. The number of piperidine rings is 1. The van der Waals surface area contributed by atoms with Gasteiger partial charge in [-0.3, -0.25) is 4.79 Å². The van der Waals surface area contributed by atoms with E-state index in [0.717, 1.165) is 38.2 Å². The molecule has 0 bridgehead atoms. The number of rotatable bonds is 4. The van der Waals surface area contributed by atoms with Gasteiger partial charge in [-0.25, -0.2) is 4.98 Å². The lowest BCUT2D eigenvalue weighted by molar-refractivity contribution is 0.0672. The third kappa shape index (κ3) is 4.05. The van der Waals surface area contributed by atoms with Crippen molar-refractivity contribution in [2.75, 3.05) is 13.1 Å². The van der Waals surface area contributed by atoms with Gasteiger partial charge in [-0.1, -0.05) is 20.8 Å². The van der Waals surface area contributed by atoms with Crippen molar-refractivity contribution in [1.29, 1.82) is 0 Å². The first-order chi connectivity index (χ1) is 11.4. The van der Waals surface area contributed by atoms with Gasteiger partial charge in [0.2, 0.25) is 0 Å². The highest BCUT2D eigenvalue weighted by molar-refractivity contribution is 7.09. The Balaban J connectivity index is 1.46. The molecule has 130 valence electrons. The van der Waals surface area contributed by atoms with Crippen LogP contribution in [-0.2, 0) is 12.0 Å². The third-order valence-electron chi connectivity index (χ3n) is 4.28. The molecule has 24 heavy (non-hydrogen) atoms. The molecule has 0 aliphatic carbocycles. The predicted octanol–water partition coefficient (Wildman–Crippen LogP) is 3.43. The van der Waals surface area contributed by atoms with Crippen LogP contribution in [0.2, 0.25) is 0 Å². The van der Waals surface area contributed by atoms with Crippen molar-refractivity contribution < 1.29 is 9.21 Å². The Morgan fingerprint density at radius 2 is 2.17 bits per heavy atom. The summed E-state index contributed by atoms with van der Waals surface area (Å²) in [5.41, 5.74) is 1.22. The van der Waals surface area contributed by atoms with Gasteiger partial charge < -0.3 is 14.6 Å². The van der Waals surface area contributed by atoms with E-state index in [1.807, 2.05) is 4.90 Å². The summed E-state index contributed by atoms with van der Waals surface area (Å²) in [5, 5.41) is 6.90. The molecule has 0 saturated carbocycles. The fourth-order valence-corrected chi connectivity index (χ4v) is 3.73. The van der Waals surface area contributed by atoms with Crippen LogP contribution in [0.1, 0.15) is 54.9 Å². The molecule has 3 heterocycles. The van der Waals surface area contributed by atoms with Gasteiger partial charge in [0.1, 0.15) is 0 Å². The molecule has 2 aromatic heterocycles. The molecule has 2 aromatic rings. The van der Waals surface area contributed by atoms with E-state index in [9.17, 15) is 4.79 Å². The van der Waals surface area contributed by atoms with Gasteiger partial charge in [0, 0.05) is 36.5 Å². The van der Waals surface area contributed by atoms with E-state index in [2.05, 4.69) is 31.5 Å². The number of carbonyl (C=O) groups is 1. The summed E-state index contributed by atoms with van der Waals surface area (Å²) in [7, 11) is 0. The number of nitrogens with zero attached hydrogens (tertiary/aromatic N) is 2. The van der Waals surface area contributed by atoms with Gasteiger partial charge in [0.15, 0.2) is 5.76 Å². The van der Waals surface area contributed by atoms with Crippen LogP contribution in [0.25, 0.3) is 0 Å². The van der Waals surface area contributed by atoms with Gasteiger partial charge in [-0.15, -0.1) is 11.3 Å². The Bertz CT molecular complexity index is 665. The molecule has 0 unspecified atom stereocenters. The molecule has 0 radical (unpaired) electrons. The topological polar surface area (TPSA) is 58.4 Å². The molecule has 1 aliphatic rings. The number of aromatic nitrogens is 1. The molecule has 1 amide bonds. The van der Waals surface area contributed by atoms with E-state index >= 15 is 0 Å². The molecular formula is C18H25N3O2S. The Morgan fingerprint density at radius 3 is 2.75 bits per heavy atom. The minimum absolute atomic E-state index is 0.00669. The van der Waals surface area contributed by atoms with Gasteiger partial charge in [-0.05, 0) is 25.0 Å². The minimum atomic E-state index is -0.00669. The number of furan rings is 1. The quantitative estimate of drug-likeness (QED) is 0.920. The lowest BCUT2D eigenvalue weighted by atomic mass is 9.98. The number of amides is 1. The summed E-state index contributed by atoms with van der Waals surface area (Å²) in [6.07, 6.45) is 3.46. The van der Waals surface area contributed by atoms with Gasteiger partial charge in [-0.2, -0.15) is 0 Å². The monoisotopic (exact) mass is 347 g/mol. The van der Waals surface area contributed by atoms with E-state index in [0.29, 0.717) is 11.8 Å². The summed E-state index contributed by atoms with van der Waals surface area (Å²) in [4.78, 5) is 18.8. The summed E-state index contributed by atoms with van der Waals surface area (Å²) < 4.78 is 5.20. The van der Waals surface area contributed by atoms with Crippen LogP contribution in [0, 0.1) is 0 Å². The van der Waals surface area contributed by atoms with Crippen LogP contribution >= 0.6 is 11.3 Å². The zero-order chi connectivity index (χ0) is 17.2. The summed E-state index contributed by atoms with van der Waals surface area (Å²) in [5.74, 6) is 0.423. The molecule has 1 saturated heterocycles. The normalized spacial score (nSPS) is 16.5. The second kappa shape index (κ2) is 7.07. The van der Waals surface area contributed by atoms with Crippen molar-refractivity contribution in [1.82, 2.24) is 15.2 Å². The Labute approximate surface area is 147 Å². The van der Waals surface area contributed by atoms with Gasteiger partial charge in [0.25, 0.3) is 5.91 Å². The number of thiazole rings is 1. The first-order valence-corrected chi connectivity index (χ1v) is 9.32. The van der Waals surface area contributed by atoms with E-state index in [-0.39, 0.29) is 11.3 Å². The maximum Gasteiger partial charge on any atom is 0.289 e. The third-order valence-corrected chi connectivity index (χ3v) is 5.60. The number of hydrogen-bond donors (Lipinski definition) is 1. The van der Waals surface area contributed by atoms with Crippen molar-refractivity contribution in [3.05, 3.63) is 40.2 Å². The SMILES string of the molecule is CC(C)(C)c1nc(CNC2CCN(C(=O)c3ccco3)CC2)cs1. The van der Waals surface area contributed by atoms with E-state index in [4.69, 9.17) is 9.40 Å². The zero-order valence-electron chi connectivity index (χ0n) is 14.5. The summed E-state index contributed by atoms with van der Waals surface area (Å²) in [6.45, 7) is 8.89. The van der Waals surface area contributed by atoms with Crippen LogP contribution in [0.4, 0.5) is 0 Å². The number of nitrogens with one attached hydrogen (secondary N) is 1. The lowest BCUT2D eigenvalue weighted by Crippen LogP contribution is -2.44. The van der Waals surface area contributed by atoms with Gasteiger partial charge in [0.05, 0.1) is 17.0 Å². The number of carbonyl (C=O) groups excluding carboxylic acids is 1. The van der Waals surface area contributed by atoms with Crippen LogP contribution in [-0.4, -0.2) is 34.9 Å². The number of hydrogen-bond acceptors (Lipinski definition) is 5. The van der Waals surface area contributed by atoms with Crippen LogP contribution in [0.15, 0.2) is 28.2 Å². The molecule has 6 heteroatoms. The maximum absolute atomic E-state index is 12.2. The molecule has 1 N–H and O–H groups in total. The Morgan fingerprint density at radius 1 is 1.42 bits per heavy atom. The second-order valence-electron chi connectivity index (χ2n) is 7.32.